The van der Waals surface area contributed by atoms with Crippen molar-refractivity contribution in [3.05, 3.63) is 0 Å². The van der Waals surface area contributed by atoms with Crippen LogP contribution in [0.5, 0.6) is 0 Å². The van der Waals surface area contributed by atoms with Crippen LogP contribution in [0.4, 0.5) is 0 Å². The van der Waals surface area contributed by atoms with Gasteiger partial charge in [-0.15, -0.1) is 0 Å². The summed E-state index contributed by atoms with van der Waals surface area (Å²) in [5, 5.41) is 12.1. The molecule has 2 atom stereocenters. The number of nitriles is 1. The van der Waals surface area contributed by atoms with E-state index in [9.17, 15) is 0 Å². The third-order valence-electron chi connectivity index (χ3n) is 3.05. The Morgan fingerprint density at radius 3 is 2.75 bits per heavy atom. The number of nitrogens with one attached hydrogen (secondary N) is 1. The lowest BCUT2D eigenvalue weighted by Crippen LogP contribution is -2.47. The van der Waals surface area contributed by atoms with Crippen LogP contribution in [0.15, 0.2) is 0 Å². The summed E-state index contributed by atoms with van der Waals surface area (Å²) >= 11 is 0. The van der Waals surface area contributed by atoms with Crippen molar-refractivity contribution in [2.45, 2.75) is 27.2 Å². The first kappa shape index (κ1) is 9.54. The maximum absolute atomic E-state index is 8.70. The zero-order valence-corrected chi connectivity index (χ0v) is 8.22. The highest BCUT2D eigenvalue weighted by molar-refractivity contribution is 4.93. The van der Waals surface area contributed by atoms with E-state index in [0.717, 1.165) is 13.1 Å². The van der Waals surface area contributed by atoms with Crippen LogP contribution in [-0.2, 0) is 0 Å². The van der Waals surface area contributed by atoms with Gasteiger partial charge in [0.15, 0.2) is 0 Å². The van der Waals surface area contributed by atoms with Gasteiger partial charge < -0.3 is 5.32 Å². The monoisotopic (exact) mass is 166 g/mol. The molecule has 0 aromatic rings. The van der Waals surface area contributed by atoms with E-state index in [1.807, 2.05) is 0 Å². The molecule has 2 heteroatoms. The molecule has 2 unspecified atom stereocenters. The van der Waals surface area contributed by atoms with Gasteiger partial charge in [-0.1, -0.05) is 20.8 Å². The molecule has 0 aliphatic carbocycles. The molecule has 1 saturated heterocycles. The summed E-state index contributed by atoms with van der Waals surface area (Å²) in [7, 11) is 0. The minimum atomic E-state index is 0.285. The Morgan fingerprint density at radius 1 is 1.58 bits per heavy atom. The van der Waals surface area contributed by atoms with Gasteiger partial charge in [0.25, 0.3) is 0 Å². The Labute approximate surface area is 75.0 Å². The molecule has 12 heavy (non-hydrogen) atoms. The molecule has 0 aromatic carbocycles. The Bertz CT molecular complexity index is 191. The molecule has 0 spiro atoms. The molecule has 0 amide bonds. The summed E-state index contributed by atoms with van der Waals surface area (Å²) in [6, 6.07) is 2.30. The van der Waals surface area contributed by atoms with Gasteiger partial charge >= 0.3 is 0 Å². The van der Waals surface area contributed by atoms with Crippen molar-refractivity contribution in [3.63, 3.8) is 0 Å². The van der Waals surface area contributed by atoms with Gasteiger partial charge in [0.1, 0.15) is 0 Å². The predicted molar refractivity (Wildman–Crippen MR) is 49.5 cm³/mol. The van der Waals surface area contributed by atoms with E-state index >= 15 is 0 Å². The summed E-state index contributed by atoms with van der Waals surface area (Å²) in [6.45, 7) is 8.84. The van der Waals surface area contributed by atoms with Crippen LogP contribution in [0.2, 0.25) is 0 Å². The second-order valence-electron chi connectivity index (χ2n) is 4.57. The van der Waals surface area contributed by atoms with E-state index in [1.54, 1.807) is 0 Å². The molecule has 0 aromatic heterocycles. The van der Waals surface area contributed by atoms with Crippen molar-refractivity contribution in [2.24, 2.45) is 17.3 Å². The number of rotatable bonds is 1. The highest BCUT2D eigenvalue weighted by atomic mass is 14.9. The predicted octanol–water partition coefficient (Wildman–Crippen LogP) is 1.78. The zero-order chi connectivity index (χ0) is 9.19. The first-order valence-electron chi connectivity index (χ1n) is 4.65. The van der Waals surface area contributed by atoms with Gasteiger partial charge in [-0.25, -0.2) is 0 Å². The zero-order valence-electron chi connectivity index (χ0n) is 8.22. The van der Waals surface area contributed by atoms with Crippen molar-refractivity contribution >= 4 is 0 Å². The molecule has 68 valence electrons. The fraction of sp³-hybridized carbons (Fsp3) is 0.900. The van der Waals surface area contributed by atoms with Gasteiger partial charge in [-0.05, 0) is 23.8 Å². The molecule has 1 aliphatic heterocycles. The maximum Gasteiger partial charge on any atom is 0.0625 e. The van der Waals surface area contributed by atoms with Gasteiger partial charge in [0.05, 0.1) is 6.07 Å². The first-order chi connectivity index (χ1) is 5.58. The first-order valence-corrected chi connectivity index (χ1v) is 4.65. The SMILES string of the molecule is CC1CNCC(C)(C)C1CC#N. The van der Waals surface area contributed by atoms with E-state index in [0.29, 0.717) is 18.3 Å². The van der Waals surface area contributed by atoms with Crippen LogP contribution in [0, 0.1) is 28.6 Å². The standard InChI is InChI=1S/C10H18N2/c1-8-6-12-7-10(2,3)9(8)4-5-11/h8-9,12H,4,6-7H2,1-3H3. The van der Waals surface area contributed by atoms with E-state index in [-0.39, 0.29) is 5.41 Å². The average molecular weight is 166 g/mol. The summed E-state index contributed by atoms with van der Waals surface area (Å²) in [6.07, 6.45) is 0.704. The van der Waals surface area contributed by atoms with E-state index in [2.05, 4.69) is 32.2 Å². The van der Waals surface area contributed by atoms with Crippen molar-refractivity contribution < 1.29 is 0 Å². The normalized spacial score (nSPS) is 34.2. The van der Waals surface area contributed by atoms with Gasteiger partial charge in [0.2, 0.25) is 0 Å². The minimum absolute atomic E-state index is 0.285. The smallest absolute Gasteiger partial charge is 0.0625 e. The molecular weight excluding hydrogens is 148 g/mol. The minimum Gasteiger partial charge on any atom is -0.316 e. The summed E-state index contributed by atoms with van der Waals surface area (Å²) in [5.74, 6) is 1.19. The fourth-order valence-corrected chi connectivity index (χ4v) is 2.24. The Hall–Kier alpha value is -0.550. The topological polar surface area (TPSA) is 35.8 Å². The molecule has 2 nitrogen and oxygen atoms in total. The largest absolute Gasteiger partial charge is 0.316 e. The lowest BCUT2D eigenvalue weighted by molar-refractivity contribution is 0.105. The highest BCUT2D eigenvalue weighted by Crippen LogP contribution is 2.36. The number of hydrogen-bond donors (Lipinski definition) is 1. The Morgan fingerprint density at radius 2 is 2.25 bits per heavy atom. The van der Waals surface area contributed by atoms with E-state index in [1.165, 1.54) is 0 Å². The number of nitrogens with zero attached hydrogens (tertiary/aromatic N) is 1. The molecule has 1 aliphatic rings. The molecular formula is C10H18N2. The lowest BCUT2D eigenvalue weighted by atomic mass is 9.68. The highest BCUT2D eigenvalue weighted by Gasteiger charge is 2.36. The average Bonchev–Trinajstić information content (AvgIpc) is 1.97. The van der Waals surface area contributed by atoms with E-state index < -0.39 is 0 Å². The molecule has 0 saturated carbocycles. The van der Waals surface area contributed by atoms with Crippen molar-refractivity contribution in [2.75, 3.05) is 13.1 Å². The summed E-state index contributed by atoms with van der Waals surface area (Å²) in [4.78, 5) is 0. The van der Waals surface area contributed by atoms with E-state index in [4.69, 9.17) is 5.26 Å². The van der Waals surface area contributed by atoms with Crippen LogP contribution in [-0.4, -0.2) is 13.1 Å². The van der Waals surface area contributed by atoms with Crippen LogP contribution < -0.4 is 5.32 Å². The van der Waals surface area contributed by atoms with Crippen LogP contribution in [0.3, 0.4) is 0 Å². The second-order valence-corrected chi connectivity index (χ2v) is 4.57. The van der Waals surface area contributed by atoms with Gasteiger partial charge in [-0.2, -0.15) is 5.26 Å². The van der Waals surface area contributed by atoms with Crippen molar-refractivity contribution in [1.29, 1.82) is 5.26 Å². The number of hydrogen-bond acceptors (Lipinski definition) is 2. The molecule has 0 radical (unpaired) electrons. The van der Waals surface area contributed by atoms with Gasteiger partial charge in [-0.3, -0.25) is 0 Å². The summed E-state index contributed by atoms with van der Waals surface area (Å²) in [5.41, 5.74) is 0.285. The van der Waals surface area contributed by atoms with Crippen LogP contribution in [0.1, 0.15) is 27.2 Å². The molecule has 1 rings (SSSR count). The maximum atomic E-state index is 8.70. The van der Waals surface area contributed by atoms with Crippen molar-refractivity contribution in [1.82, 2.24) is 5.32 Å². The van der Waals surface area contributed by atoms with Gasteiger partial charge in [0, 0.05) is 13.0 Å². The quantitative estimate of drug-likeness (QED) is 0.644. The Balaban J connectivity index is 2.68. The summed E-state index contributed by atoms with van der Waals surface area (Å²) < 4.78 is 0. The molecule has 0 bridgehead atoms. The second kappa shape index (κ2) is 3.45. The van der Waals surface area contributed by atoms with Crippen LogP contribution >= 0.6 is 0 Å². The van der Waals surface area contributed by atoms with Crippen LogP contribution in [0.25, 0.3) is 0 Å². The fourth-order valence-electron chi connectivity index (χ4n) is 2.24. The number of piperidine rings is 1. The third-order valence-corrected chi connectivity index (χ3v) is 3.05. The van der Waals surface area contributed by atoms with Crippen molar-refractivity contribution in [3.8, 4) is 6.07 Å². The molecule has 1 heterocycles. The lowest BCUT2D eigenvalue weighted by Gasteiger charge is -2.42. The third kappa shape index (κ3) is 1.78. The molecule has 1 fully saturated rings. The molecule has 1 N–H and O–H groups in total. The Kier molecular flexibility index (Phi) is 2.74.